The van der Waals surface area contributed by atoms with Crippen LogP contribution in [0.1, 0.15) is 0 Å². The molecular weight excluding hydrogens is 295 g/mol. The van der Waals surface area contributed by atoms with Gasteiger partial charge in [0, 0.05) is 15.6 Å². The molecule has 3 nitrogen and oxygen atoms in total. The highest BCUT2D eigenvalue weighted by Crippen LogP contribution is 2.37. The molecule has 3 rings (SSSR count). The Labute approximate surface area is 125 Å². The van der Waals surface area contributed by atoms with Gasteiger partial charge in [-0.25, -0.2) is 0 Å². The van der Waals surface area contributed by atoms with Gasteiger partial charge in [0.1, 0.15) is 0 Å². The number of rotatable bonds is 2. The highest BCUT2D eigenvalue weighted by Gasteiger charge is 2.17. The standard InChI is InChI=1S/C15H10Cl2N2O/c16-11-5-1-9(2-6-11)13-14(20-19-15(13)18)10-3-7-12(17)8-4-10/h1-8H,(H2,18,19). The summed E-state index contributed by atoms with van der Waals surface area (Å²) >= 11 is 11.8. The van der Waals surface area contributed by atoms with Crippen LogP contribution in [0.2, 0.25) is 10.0 Å². The lowest BCUT2D eigenvalue weighted by Crippen LogP contribution is -1.88. The number of hydrogen-bond donors (Lipinski definition) is 1. The third-order valence-electron chi connectivity index (χ3n) is 2.96. The first kappa shape index (κ1) is 13.0. The third-order valence-corrected chi connectivity index (χ3v) is 3.46. The molecule has 0 atom stereocenters. The summed E-state index contributed by atoms with van der Waals surface area (Å²) in [6, 6.07) is 14.7. The van der Waals surface area contributed by atoms with Gasteiger partial charge >= 0.3 is 0 Å². The molecule has 0 amide bonds. The number of nitrogens with zero attached hydrogens (tertiary/aromatic N) is 1. The topological polar surface area (TPSA) is 52.0 Å². The highest BCUT2D eigenvalue weighted by atomic mass is 35.5. The minimum Gasteiger partial charge on any atom is -0.380 e. The van der Waals surface area contributed by atoms with Crippen LogP contribution in [0.4, 0.5) is 5.82 Å². The Morgan fingerprint density at radius 1 is 0.800 bits per heavy atom. The minimum atomic E-state index is 0.345. The summed E-state index contributed by atoms with van der Waals surface area (Å²) in [5, 5.41) is 5.18. The van der Waals surface area contributed by atoms with Gasteiger partial charge in [-0.15, -0.1) is 0 Å². The fourth-order valence-corrected chi connectivity index (χ4v) is 2.25. The second-order valence-corrected chi connectivity index (χ2v) is 5.16. The van der Waals surface area contributed by atoms with Crippen molar-refractivity contribution in [1.29, 1.82) is 0 Å². The fourth-order valence-electron chi connectivity index (χ4n) is 2.00. The Morgan fingerprint density at radius 2 is 1.30 bits per heavy atom. The maximum absolute atomic E-state index is 5.91. The van der Waals surface area contributed by atoms with Crippen LogP contribution in [0, 0.1) is 0 Å². The molecule has 0 spiro atoms. The van der Waals surface area contributed by atoms with Crippen molar-refractivity contribution in [3.05, 3.63) is 58.6 Å². The molecule has 2 aromatic carbocycles. The van der Waals surface area contributed by atoms with Crippen LogP contribution in [0.25, 0.3) is 22.5 Å². The highest BCUT2D eigenvalue weighted by molar-refractivity contribution is 6.31. The van der Waals surface area contributed by atoms with Crippen LogP contribution in [0.5, 0.6) is 0 Å². The summed E-state index contributed by atoms with van der Waals surface area (Å²) in [5.74, 6) is 0.957. The Morgan fingerprint density at radius 3 is 1.85 bits per heavy atom. The van der Waals surface area contributed by atoms with E-state index in [9.17, 15) is 0 Å². The molecule has 0 saturated heterocycles. The first-order chi connectivity index (χ1) is 9.65. The summed E-state index contributed by atoms with van der Waals surface area (Å²) in [5.41, 5.74) is 8.43. The predicted molar refractivity (Wildman–Crippen MR) is 81.8 cm³/mol. The zero-order chi connectivity index (χ0) is 14.1. The Balaban J connectivity index is 2.14. The first-order valence-corrected chi connectivity index (χ1v) is 6.68. The molecule has 0 radical (unpaired) electrons. The van der Waals surface area contributed by atoms with Crippen LogP contribution in [0.15, 0.2) is 53.1 Å². The average Bonchev–Trinajstić information content (AvgIpc) is 2.83. The molecule has 1 aromatic heterocycles. The molecule has 5 heteroatoms. The summed E-state index contributed by atoms with van der Waals surface area (Å²) < 4.78 is 5.35. The van der Waals surface area contributed by atoms with E-state index < -0.39 is 0 Å². The van der Waals surface area contributed by atoms with Crippen molar-refractivity contribution in [1.82, 2.24) is 5.16 Å². The van der Waals surface area contributed by atoms with E-state index in [2.05, 4.69) is 5.16 Å². The van der Waals surface area contributed by atoms with Crippen LogP contribution in [-0.4, -0.2) is 5.16 Å². The molecule has 100 valence electrons. The molecule has 0 aliphatic heterocycles. The van der Waals surface area contributed by atoms with E-state index in [1.54, 1.807) is 24.3 Å². The zero-order valence-electron chi connectivity index (χ0n) is 10.3. The molecule has 0 aliphatic carbocycles. The van der Waals surface area contributed by atoms with Crippen molar-refractivity contribution in [3.8, 4) is 22.5 Å². The number of nitrogens with two attached hydrogens (primary N) is 1. The number of anilines is 1. The second-order valence-electron chi connectivity index (χ2n) is 4.29. The SMILES string of the molecule is Nc1noc(-c2ccc(Cl)cc2)c1-c1ccc(Cl)cc1. The summed E-state index contributed by atoms with van der Waals surface area (Å²) in [6.07, 6.45) is 0. The summed E-state index contributed by atoms with van der Waals surface area (Å²) in [6.45, 7) is 0. The van der Waals surface area contributed by atoms with E-state index in [1.807, 2.05) is 24.3 Å². The van der Waals surface area contributed by atoms with Gasteiger partial charge in [0.25, 0.3) is 0 Å². The average molecular weight is 305 g/mol. The summed E-state index contributed by atoms with van der Waals surface area (Å²) in [4.78, 5) is 0. The number of halogens is 2. The minimum absolute atomic E-state index is 0.345. The molecule has 1 heterocycles. The van der Waals surface area contributed by atoms with E-state index in [1.165, 1.54) is 0 Å². The van der Waals surface area contributed by atoms with Crippen molar-refractivity contribution in [2.45, 2.75) is 0 Å². The quantitative estimate of drug-likeness (QED) is 0.732. The maximum Gasteiger partial charge on any atom is 0.176 e. The second kappa shape index (κ2) is 5.19. The third kappa shape index (κ3) is 2.38. The van der Waals surface area contributed by atoms with E-state index in [0.29, 0.717) is 21.6 Å². The maximum atomic E-state index is 5.91. The number of aromatic nitrogens is 1. The van der Waals surface area contributed by atoms with Crippen molar-refractivity contribution < 1.29 is 4.52 Å². The molecular formula is C15H10Cl2N2O. The molecule has 0 unspecified atom stereocenters. The molecule has 0 aliphatic rings. The smallest absolute Gasteiger partial charge is 0.176 e. The molecule has 0 saturated carbocycles. The molecule has 0 fully saturated rings. The van der Waals surface area contributed by atoms with Gasteiger partial charge in [0.15, 0.2) is 11.6 Å². The van der Waals surface area contributed by atoms with Crippen LogP contribution >= 0.6 is 23.2 Å². The lowest BCUT2D eigenvalue weighted by Gasteiger charge is -2.03. The Hall–Kier alpha value is -1.97. The van der Waals surface area contributed by atoms with Gasteiger partial charge in [0.2, 0.25) is 0 Å². The summed E-state index contributed by atoms with van der Waals surface area (Å²) in [7, 11) is 0. The lowest BCUT2D eigenvalue weighted by molar-refractivity contribution is 0.436. The molecule has 20 heavy (non-hydrogen) atoms. The van der Waals surface area contributed by atoms with Crippen molar-refractivity contribution in [3.63, 3.8) is 0 Å². The van der Waals surface area contributed by atoms with E-state index in [-0.39, 0.29) is 0 Å². The fraction of sp³-hybridized carbons (Fsp3) is 0. The number of benzene rings is 2. The van der Waals surface area contributed by atoms with E-state index in [4.69, 9.17) is 33.5 Å². The van der Waals surface area contributed by atoms with Gasteiger partial charge < -0.3 is 10.3 Å². The molecule has 0 bridgehead atoms. The van der Waals surface area contributed by atoms with Crippen LogP contribution < -0.4 is 5.73 Å². The van der Waals surface area contributed by atoms with Crippen LogP contribution in [-0.2, 0) is 0 Å². The van der Waals surface area contributed by atoms with Crippen molar-refractivity contribution >= 4 is 29.0 Å². The predicted octanol–water partition coefficient (Wildman–Crippen LogP) is 4.90. The Bertz CT molecular complexity index is 734. The van der Waals surface area contributed by atoms with Crippen molar-refractivity contribution in [2.24, 2.45) is 0 Å². The van der Waals surface area contributed by atoms with Gasteiger partial charge in [-0.1, -0.05) is 40.5 Å². The molecule has 2 N–H and O–H groups in total. The van der Waals surface area contributed by atoms with Crippen molar-refractivity contribution in [2.75, 3.05) is 5.73 Å². The Kier molecular flexibility index (Phi) is 3.38. The van der Waals surface area contributed by atoms with Crippen LogP contribution in [0.3, 0.4) is 0 Å². The van der Waals surface area contributed by atoms with Gasteiger partial charge in [0.05, 0.1) is 5.56 Å². The normalized spacial score (nSPS) is 10.7. The van der Waals surface area contributed by atoms with Gasteiger partial charge in [-0.3, -0.25) is 0 Å². The number of hydrogen-bond acceptors (Lipinski definition) is 3. The molecule has 3 aromatic rings. The largest absolute Gasteiger partial charge is 0.380 e. The van der Waals surface area contributed by atoms with E-state index >= 15 is 0 Å². The van der Waals surface area contributed by atoms with E-state index in [0.717, 1.165) is 16.7 Å². The first-order valence-electron chi connectivity index (χ1n) is 5.92. The van der Waals surface area contributed by atoms with Gasteiger partial charge in [-0.2, -0.15) is 0 Å². The number of nitrogen functional groups attached to an aromatic ring is 1. The van der Waals surface area contributed by atoms with Gasteiger partial charge in [-0.05, 0) is 42.0 Å². The monoisotopic (exact) mass is 304 g/mol. The zero-order valence-corrected chi connectivity index (χ0v) is 11.8. The lowest BCUT2D eigenvalue weighted by atomic mass is 10.0.